The van der Waals surface area contributed by atoms with E-state index in [1.54, 1.807) is 7.05 Å². The average Bonchev–Trinajstić information content (AvgIpc) is 2.58. The molecule has 13 heavy (non-hydrogen) atoms. The first-order valence-electron chi connectivity index (χ1n) is 3.83. The van der Waals surface area contributed by atoms with E-state index in [0.29, 0.717) is 17.8 Å². The number of fused-ring (bicyclic) bond motifs is 1. The quantitative estimate of drug-likeness (QED) is 0.664. The van der Waals surface area contributed by atoms with Crippen LogP contribution < -0.4 is 5.32 Å². The third-order valence-corrected chi connectivity index (χ3v) is 1.73. The van der Waals surface area contributed by atoms with E-state index in [2.05, 4.69) is 20.3 Å². The summed E-state index contributed by atoms with van der Waals surface area (Å²) in [5, 5.41) is 2.89. The van der Waals surface area contributed by atoms with Gasteiger partial charge in [0.15, 0.2) is 17.8 Å². The van der Waals surface area contributed by atoms with Crippen LogP contribution >= 0.6 is 0 Å². The van der Waals surface area contributed by atoms with Gasteiger partial charge in [-0.25, -0.2) is 9.97 Å². The first-order chi connectivity index (χ1) is 6.33. The van der Waals surface area contributed by atoms with Gasteiger partial charge in [0.05, 0.1) is 5.52 Å². The minimum Gasteiger partial charge on any atom is -0.373 e. The number of pyridine rings is 1. The van der Waals surface area contributed by atoms with Gasteiger partial charge in [-0.1, -0.05) is 0 Å². The number of carbonyl (C=O) groups is 1. The van der Waals surface area contributed by atoms with Crippen molar-refractivity contribution in [2.45, 2.75) is 0 Å². The van der Waals surface area contributed by atoms with Gasteiger partial charge in [-0.3, -0.25) is 4.79 Å². The molecule has 0 aliphatic rings. The fraction of sp³-hybridized carbons (Fsp3) is 0.125. The van der Waals surface area contributed by atoms with Gasteiger partial charge < -0.3 is 10.3 Å². The molecular weight excluding hydrogens is 168 g/mol. The Balaban J connectivity index is 2.63. The van der Waals surface area contributed by atoms with Crippen molar-refractivity contribution in [3.8, 4) is 0 Å². The standard InChI is InChI=1S/C8H8N4O/c1-9-6-3-2-5-8(11-6)12-7(4-13)10-5/h2-4H,1H3,(H2,9,10,11,12). The summed E-state index contributed by atoms with van der Waals surface area (Å²) in [4.78, 5) is 21.3. The second-order valence-electron chi connectivity index (χ2n) is 2.56. The smallest absolute Gasteiger partial charge is 0.185 e. The van der Waals surface area contributed by atoms with Gasteiger partial charge >= 0.3 is 0 Å². The van der Waals surface area contributed by atoms with Crippen LogP contribution in [0.2, 0.25) is 0 Å². The van der Waals surface area contributed by atoms with E-state index in [1.807, 2.05) is 12.1 Å². The van der Waals surface area contributed by atoms with E-state index in [0.717, 1.165) is 11.3 Å². The zero-order chi connectivity index (χ0) is 9.26. The van der Waals surface area contributed by atoms with Crippen molar-refractivity contribution in [3.63, 3.8) is 0 Å². The molecule has 0 unspecified atom stereocenters. The molecule has 0 saturated heterocycles. The minimum atomic E-state index is 0.302. The SMILES string of the molecule is CNc1ccc2[nH]c(C=O)nc2n1. The number of aromatic nitrogens is 3. The molecular formula is C8H8N4O. The van der Waals surface area contributed by atoms with Crippen LogP contribution in [0.3, 0.4) is 0 Å². The molecule has 0 bridgehead atoms. The predicted molar refractivity (Wildman–Crippen MR) is 48.8 cm³/mol. The summed E-state index contributed by atoms with van der Waals surface area (Å²) in [6.45, 7) is 0. The molecule has 0 aromatic carbocycles. The number of hydrogen-bond acceptors (Lipinski definition) is 4. The minimum absolute atomic E-state index is 0.302. The Morgan fingerprint density at radius 1 is 1.46 bits per heavy atom. The molecule has 2 aromatic heterocycles. The van der Waals surface area contributed by atoms with Crippen LogP contribution in [0.4, 0.5) is 5.82 Å². The van der Waals surface area contributed by atoms with E-state index in [1.165, 1.54) is 0 Å². The molecule has 2 rings (SSSR count). The first kappa shape index (κ1) is 7.72. The van der Waals surface area contributed by atoms with E-state index in [-0.39, 0.29) is 0 Å². The number of nitrogens with one attached hydrogen (secondary N) is 2. The normalized spacial score (nSPS) is 10.2. The molecule has 0 atom stereocenters. The molecule has 5 heteroatoms. The molecule has 0 saturated carbocycles. The highest BCUT2D eigenvalue weighted by Crippen LogP contribution is 2.11. The van der Waals surface area contributed by atoms with Crippen LogP contribution in [0, 0.1) is 0 Å². The third kappa shape index (κ3) is 1.24. The zero-order valence-corrected chi connectivity index (χ0v) is 7.03. The molecule has 2 heterocycles. The van der Waals surface area contributed by atoms with Crippen molar-refractivity contribution in [2.24, 2.45) is 0 Å². The highest BCUT2D eigenvalue weighted by molar-refractivity contribution is 5.80. The fourth-order valence-electron chi connectivity index (χ4n) is 1.11. The van der Waals surface area contributed by atoms with Crippen LogP contribution in [-0.2, 0) is 0 Å². The molecule has 0 spiro atoms. The number of anilines is 1. The van der Waals surface area contributed by atoms with Crippen molar-refractivity contribution in [2.75, 3.05) is 12.4 Å². The van der Waals surface area contributed by atoms with Crippen LogP contribution in [0.15, 0.2) is 12.1 Å². The summed E-state index contributed by atoms with van der Waals surface area (Å²) in [5.74, 6) is 1.03. The molecule has 0 aliphatic heterocycles. The summed E-state index contributed by atoms with van der Waals surface area (Å²) < 4.78 is 0. The van der Waals surface area contributed by atoms with E-state index < -0.39 is 0 Å². The van der Waals surface area contributed by atoms with Crippen LogP contribution in [0.1, 0.15) is 10.6 Å². The van der Waals surface area contributed by atoms with Crippen molar-refractivity contribution in [1.82, 2.24) is 15.0 Å². The molecule has 2 aromatic rings. The number of aromatic amines is 1. The lowest BCUT2D eigenvalue weighted by Crippen LogP contribution is -1.91. The zero-order valence-electron chi connectivity index (χ0n) is 7.03. The number of rotatable bonds is 2. The molecule has 66 valence electrons. The van der Waals surface area contributed by atoms with Gasteiger partial charge in [-0.2, -0.15) is 0 Å². The van der Waals surface area contributed by atoms with Gasteiger partial charge in [0.1, 0.15) is 5.82 Å². The predicted octanol–water partition coefficient (Wildman–Crippen LogP) is 0.812. The molecule has 0 radical (unpaired) electrons. The van der Waals surface area contributed by atoms with Gasteiger partial charge in [0.25, 0.3) is 0 Å². The maximum atomic E-state index is 10.4. The largest absolute Gasteiger partial charge is 0.373 e. The number of hydrogen-bond donors (Lipinski definition) is 2. The van der Waals surface area contributed by atoms with Crippen LogP contribution in [0.25, 0.3) is 11.2 Å². The number of aldehydes is 1. The Hall–Kier alpha value is -1.91. The molecule has 0 aliphatic carbocycles. The monoisotopic (exact) mass is 176 g/mol. The molecule has 5 nitrogen and oxygen atoms in total. The van der Waals surface area contributed by atoms with E-state index in [4.69, 9.17) is 0 Å². The maximum absolute atomic E-state index is 10.4. The molecule has 0 fully saturated rings. The van der Waals surface area contributed by atoms with Crippen molar-refractivity contribution >= 4 is 23.3 Å². The van der Waals surface area contributed by atoms with Crippen molar-refractivity contribution in [3.05, 3.63) is 18.0 Å². The number of imidazole rings is 1. The fourth-order valence-corrected chi connectivity index (χ4v) is 1.11. The number of nitrogens with zero attached hydrogens (tertiary/aromatic N) is 2. The Labute approximate surface area is 74.2 Å². The Morgan fingerprint density at radius 3 is 3.00 bits per heavy atom. The topological polar surface area (TPSA) is 70.7 Å². The maximum Gasteiger partial charge on any atom is 0.185 e. The Morgan fingerprint density at radius 2 is 2.31 bits per heavy atom. The highest BCUT2D eigenvalue weighted by atomic mass is 16.1. The second kappa shape index (κ2) is 2.85. The second-order valence-corrected chi connectivity index (χ2v) is 2.56. The van der Waals surface area contributed by atoms with Crippen LogP contribution in [-0.4, -0.2) is 28.3 Å². The summed E-state index contributed by atoms with van der Waals surface area (Å²) in [5.41, 5.74) is 1.31. The van der Waals surface area contributed by atoms with Gasteiger partial charge in [-0.15, -0.1) is 0 Å². The van der Waals surface area contributed by atoms with Gasteiger partial charge in [-0.05, 0) is 12.1 Å². The average molecular weight is 176 g/mol. The van der Waals surface area contributed by atoms with E-state index >= 15 is 0 Å². The number of carbonyl (C=O) groups excluding carboxylic acids is 1. The van der Waals surface area contributed by atoms with Crippen LogP contribution in [0.5, 0.6) is 0 Å². The molecule has 2 N–H and O–H groups in total. The summed E-state index contributed by atoms with van der Waals surface area (Å²) in [6, 6.07) is 3.64. The lowest BCUT2D eigenvalue weighted by molar-refractivity contribution is 0.111. The van der Waals surface area contributed by atoms with Gasteiger partial charge in [0.2, 0.25) is 0 Å². The Bertz CT molecular complexity index is 448. The Kier molecular flexibility index (Phi) is 1.70. The third-order valence-electron chi connectivity index (χ3n) is 1.73. The molecule has 0 amide bonds. The summed E-state index contributed by atoms with van der Waals surface area (Å²) in [7, 11) is 1.78. The van der Waals surface area contributed by atoms with Crippen molar-refractivity contribution in [1.29, 1.82) is 0 Å². The summed E-state index contributed by atoms with van der Waals surface area (Å²) in [6.07, 6.45) is 0.667. The van der Waals surface area contributed by atoms with E-state index in [9.17, 15) is 4.79 Å². The number of H-pyrrole nitrogens is 1. The highest BCUT2D eigenvalue weighted by Gasteiger charge is 2.02. The summed E-state index contributed by atoms with van der Waals surface area (Å²) >= 11 is 0. The van der Waals surface area contributed by atoms with Gasteiger partial charge in [0, 0.05) is 7.05 Å². The lowest BCUT2D eigenvalue weighted by Gasteiger charge is -1.95. The van der Waals surface area contributed by atoms with Crippen molar-refractivity contribution < 1.29 is 4.79 Å². The first-order valence-corrected chi connectivity index (χ1v) is 3.83. The lowest BCUT2D eigenvalue weighted by atomic mass is 10.4.